The van der Waals surface area contributed by atoms with Crippen LogP contribution in [0.4, 0.5) is 5.69 Å². The zero-order chi connectivity index (χ0) is 12.4. The standard InChI is InChI=1S/C13H18N4S/c18-13-16-11-4-2-1-3-10(11)12(17-13)15-9-5-7-14-8-6-9/h5-8,10-12H,1-4H2,(H,14,15)(H2,16,17,18). The van der Waals surface area contributed by atoms with Gasteiger partial charge in [0.1, 0.15) is 6.17 Å². The third kappa shape index (κ3) is 2.41. The first kappa shape index (κ1) is 11.7. The zero-order valence-electron chi connectivity index (χ0n) is 10.2. The largest absolute Gasteiger partial charge is 0.365 e. The van der Waals surface area contributed by atoms with E-state index in [0.29, 0.717) is 12.0 Å². The van der Waals surface area contributed by atoms with Gasteiger partial charge in [-0.1, -0.05) is 12.8 Å². The number of pyridine rings is 1. The van der Waals surface area contributed by atoms with Gasteiger partial charge in [-0.2, -0.15) is 0 Å². The van der Waals surface area contributed by atoms with Crippen LogP contribution in [0, 0.1) is 5.92 Å². The molecular weight excluding hydrogens is 244 g/mol. The number of fused-ring (bicyclic) bond motifs is 1. The van der Waals surface area contributed by atoms with Gasteiger partial charge in [0.2, 0.25) is 0 Å². The molecule has 2 aliphatic rings. The predicted octanol–water partition coefficient (Wildman–Crippen LogP) is 1.86. The van der Waals surface area contributed by atoms with Gasteiger partial charge in [-0.25, -0.2) is 0 Å². The average Bonchev–Trinajstić information content (AvgIpc) is 2.40. The Morgan fingerprint density at radius 2 is 1.94 bits per heavy atom. The highest BCUT2D eigenvalue weighted by molar-refractivity contribution is 7.80. The summed E-state index contributed by atoms with van der Waals surface area (Å²) < 4.78 is 0. The lowest BCUT2D eigenvalue weighted by Crippen LogP contribution is -2.63. The Labute approximate surface area is 113 Å². The fourth-order valence-corrected chi connectivity index (χ4v) is 3.25. The van der Waals surface area contributed by atoms with E-state index in [1.54, 1.807) is 12.4 Å². The molecule has 3 rings (SSSR count). The highest BCUT2D eigenvalue weighted by Crippen LogP contribution is 2.29. The van der Waals surface area contributed by atoms with Crippen LogP contribution in [-0.2, 0) is 0 Å². The molecule has 1 saturated carbocycles. The second-order valence-corrected chi connectivity index (χ2v) is 5.44. The van der Waals surface area contributed by atoms with Gasteiger partial charge in [0.05, 0.1) is 0 Å². The van der Waals surface area contributed by atoms with Crippen molar-refractivity contribution in [2.45, 2.75) is 37.9 Å². The molecule has 1 aromatic rings. The first-order valence-corrected chi connectivity index (χ1v) is 6.97. The van der Waals surface area contributed by atoms with Gasteiger partial charge < -0.3 is 16.0 Å². The van der Waals surface area contributed by atoms with Crippen molar-refractivity contribution in [2.24, 2.45) is 5.92 Å². The Morgan fingerprint density at radius 3 is 2.78 bits per heavy atom. The van der Waals surface area contributed by atoms with Crippen LogP contribution in [0.3, 0.4) is 0 Å². The summed E-state index contributed by atoms with van der Waals surface area (Å²) in [7, 11) is 0. The van der Waals surface area contributed by atoms with E-state index in [0.717, 1.165) is 10.8 Å². The molecule has 2 heterocycles. The number of nitrogens with one attached hydrogen (secondary N) is 3. The molecule has 1 saturated heterocycles. The molecule has 0 bridgehead atoms. The summed E-state index contributed by atoms with van der Waals surface area (Å²) in [5.41, 5.74) is 1.09. The molecule has 0 spiro atoms. The van der Waals surface area contributed by atoms with Crippen LogP contribution in [0.25, 0.3) is 0 Å². The van der Waals surface area contributed by atoms with Crippen LogP contribution in [0.5, 0.6) is 0 Å². The normalized spacial score (nSPS) is 30.9. The van der Waals surface area contributed by atoms with Crippen molar-refractivity contribution in [3.05, 3.63) is 24.5 Å². The fourth-order valence-electron chi connectivity index (χ4n) is 2.97. The number of hydrogen-bond acceptors (Lipinski definition) is 3. The van der Waals surface area contributed by atoms with Gasteiger partial charge in [-0.05, 0) is 37.2 Å². The van der Waals surface area contributed by atoms with Gasteiger partial charge in [0, 0.05) is 30.0 Å². The number of aromatic nitrogens is 1. The van der Waals surface area contributed by atoms with E-state index in [4.69, 9.17) is 12.2 Å². The van der Waals surface area contributed by atoms with Crippen LogP contribution in [-0.4, -0.2) is 22.3 Å². The Bertz CT molecular complexity index is 422. The summed E-state index contributed by atoms with van der Waals surface area (Å²) in [4.78, 5) is 4.04. The third-order valence-electron chi connectivity index (χ3n) is 3.85. The van der Waals surface area contributed by atoms with Crippen LogP contribution in [0.2, 0.25) is 0 Å². The van der Waals surface area contributed by atoms with Gasteiger partial charge >= 0.3 is 0 Å². The smallest absolute Gasteiger partial charge is 0.168 e. The molecule has 0 amide bonds. The molecule has 0 radical (unpaired) electrons. The Hall–Kier alpha value is -1.36. The molecule has 2 fully saturated rings. The minimum atomic E-state index is 0.228. The second kappa shape index (κ2) is 5.10. The summed E-state index contributed by atoms with van der Waals surface area (Å²) in [6, 6.07) is 4.50. The average molecular weight is 262 g/mol. The fraction of sp³-hybridized carbons (Fsp3) is 0.538. The lowest BCUT2D eigenvalue weighted by molar-refractivity contribution is 0.228. The molecule has 3 N–H and O–H groups in total. The third-order valence-corrected chi connectivity index (χ3v) is 4.09. The van der Waals surface area contributed by atoms with Gasteiger partial charge in [-0.15, -0.1) is 0 Å². The lowest BCUT2D eigenvalue weighted by atomic mass is 9.81. The molecule has 4 nitrogen and oxygen atoms in total. The topological polar surface area (TPSA) is 49.0 Å². The maximum absolute atomic E-state index is 5.29. The maximum atomic E-state index is 5.29. The highest BCUT2D eigenvalue weighted by Gasteiger charge is 2.36. The second-order valence-electron chi connectivity index (χ2n) is 5.03. The minimum absolute atomic E-state index is 0.228. The van der Waals surface area contributed by atoms with E-state index in [1.807, 2.05) is 12.1 Å². The Balaban J connectivity index is 1.74. The summed E-state index contributed by atoms with van der Waals surface area (Å²) in [5.74, 6) is 0.596. The van der Waals surface area contributed by atoms with Crippen LogP contribution in [0.1, 0.15) is 25.7 Å². The molecule has 18 heavy (non-hydrogen) atoms. The molecule has 3 unspecified atom stereocenters. The number of nitrogens with zero attached hydrogens (tertiary/aromatic N) is 1. The zero-order valence-corrected chi connectivity index (χ0v) is 11.0. The van der Waals surface area contributed by atoms with Gasteiger partial charge in [0.25, 0.3) is 0 Å². The van der Waals surface area contributed by atoms with Crippen LogP contribution >= 0.6 is 12.2 Å². The van der Waals surface area contributed by atoms with Crippen molar-refractivity contribution in [3.63, 3.8) is 0 Å². The Morgan fingerprint density at radius 1 is 1.17 bits per heavy atom. The molecular formula is C13H18N4S. The number of anilines is 1. The van der Waals surface area contributed by atoms with Crippen molar-refractivity contribution < 1.29 is 0 Å². The monoisotopic (exact) mass is 262 g/mol. The summed E-state index contributed by atoms with van der Waals surface area (Å²) in [6.45, 7) is 0. The predicted molar refractivity (Wildman–Crippen MR) is 76.3 cm³/mol. The number of rotatable bonds is 2. The SMILES string of the molecule is S=C1NC2CCCCC2C(Nc2ccncc2)N1. The van der Waals surface area contributed by atoms with E-state index in [1.165, 1.54) is 25.7 Å². The molecule has 5 heteroatoms. The summed E-state index contributed by atoms with van der Waals surface area (Å²) in [5, 5.41) is 11.1. The molecule has 1 aliphatic carbocycles. The van der Waals surface area contributed by atoms with E-state index in [2.05, 4.69) is 20.9 Å². The minimum Gasteiger partial charge on any atom is -0.365 e. The van der Waals surface area contributed by atoms with Crippen molar-refractivity contribution in [2.75, 3.05) is 5.32 Å². The molecule has 96 valence electrons. The van der Waals surface area contributed by atoms with Crippen molar-refractivity contribution in [1.29, 1.82) is 0 Å². The van der Waals surface area contributed by atoms with Crippen molar-refractivity contribution in [1.82, 2.24) is 15.6 Å². The van der Waals surface area contributed by atoms with Crippen LogP contribution < -0.4 is 16.0 Å². The van der Waals surface area contributed by atoms with Gasteiger partial charge in [-0.3, -0.25) is 4.98 Å². The maximum Gasteiger partial charge on any atom is 0.168 e. The lowest BCUT2D eigenvalue weighted by Gasteiger charge is -2.43. The van der Waals surface area contributed by atoms with Crippen LogP contribution in [0.15, 0.2) is 24.5 Å². The Kier molecular flexibility index (Phi) is 3.32. The molecule has 3 atom stereocenters. The van der Waals surface area contributed by atoms with Crippen molar-refractivity contribution in [3.8, 4) is 0 Å². The van der Waals surface area contributed by atoms with Gasteiger partial charge in [0.15, 0.2) is 5.11 Å². The van der Waals surface area contributed by atoms with E-state index in [-0.39, 0.29) is 6.17 Å². The van der Waals surface area contributed by atoms with E-state index >= 15 is 0 Å². The molecule has 1 aliphatic heterocycles. The first-order valence-electron chi connectivity index (χ1n) is 6.56. The number of thiocarbonyl (C=S) groups is 1. The van der Waals surface area contributed by atoms with E-state index < -0.39 is 0 Å². The van der Waals surface area contributed by atoms with Crippen molar-refractivity contribution >= 4 is 23.0 Å². The molecule has 0 aromatic carbocycles. The first-order chi connectivity index (χ1) is 8.83. The summed E-state index contributed by atoms with van der Waals surface area (Å²) in [6.07, 6.45) is 8.92. The highest BCUT2D eigenvalue weighted by atomic mass is 32.1. The quantitative estimate of drug-likeness (QED) is 0.710. The van der Waals surface area contributed by atoms with E-state index in [9.17, 15) is 0 Å². The number of hydrogen-bond donors (Lipinski definition) is 3. The summed E-state index contributed by atoms with van der Waals surface area (Å²) >= 11 is 5.29. The molecule has 1 aromatic heterocycles.